The predicted octanol–water partition coefficient (Wildman–Crippen LogP) is 4.44. The summed E-state index contributed by atoms with van der Waals surface area (Å²) < 4.78 is 38.5. The predicted molar refractivity (Wildman–Crippen MR) is 93.9 cm³/mol. The van der Waals surface area contributed by atoms with Gasteiger partial charge in [0.05, 0.1) is 12.3 Å². The molecule has 0 aliphatic carbocycles. The van der Waals surface area contributed by atoms with Crippen molar-refractivity contribution in [2.45, 2.75) is 58.9 Å². The van der Waals surface area contributed by atoms with Crippen molar-refractivity contribution in [3.05, 3.63) is 34.5 Å². The molecule has 23 heavy (non-hydrogen) atoms. The lowest BCUT2D eigenvalue weighted by Gasteiger charge is -2.39. The van der Waals surface area contributed by atoms with E-state index in [1.165, 1.54) is 18.1 Å². The SMILES string of the molecule is [2H]C([2H])([2H])C([2H])(C)[C@]1(CC=O)OCCc2c1[nH]c1c(CCC)c(C)ccc21. The molecule has 1 aromatic carbocycles. The Bertz CT molecular complexity index is 869. The molecule has 1 aromatic heterocycles. The minimum atomic E-state index is -2.61. The number of aryl methyl sites for hydroxylation is 2. The van der Waals surface area contributed by atoms with Crippen molar-refractivity contribution in [1.82, 2.24) is 4.98 Å². The number of carbonyl (C=O) groups excluding carboxylic acids is 1. The van der Waals surface area contributed by atoms with Crippen molar-refractivity contribution in [1.29, 1.82) is 0 Å². The van der Waals surface area contributed by atoms with E-state index in [4.69, 9.17) is 10.2 Å². The lowest BCUT2D eigenvalue weighted by molar-refractivity contribution is -0.127. The van der Waals surface area contributed by atoms with Gasteiger partial charge in [-0.05, 0) is 42.3 Å². The van der Waals surface area contributed by atoms with Crippen LogP contribution in [0.5, 0.6) is 0 Å². The molecule has 2 atom stereocenters. The Hall–Kier alpha value is -1.61. The Morgan fingerprint density at radius 3 is 3.09 bits per heavy atom. The molecule has 3 heteroatoms. The van der Waals surface area contributed by atoms with Gasteiger partial charge in [0.25, 0.3) is 0 Å². The zero-order valence-electron chi connectivity index (χ0n) is 18.1. The van der Waals surface area contributed by atoms with Gasteiger partial charge in [0, 0.05) is 22.8 Å². The fourth-order valence-electron chi connectivity index (χ4n) is 3.78. The maximum absolute atomic E-state index is 11.5. The molecule has 0 bridgehead atoms. The van der Waals surface area contributed by atoms with Gasteiger partial charge < -0.3 is 14.5 Å². The largest absolute Gasteiger partial charge is 0.368 e. The minimum Gasteiger partial charge on any atom is -0.368 e. The molecule has 1 aliphatic heterocycles. The standard InChI is InChI=1S/C20H27NO2/c1-5-6-15-14(4)7-8-16-17-9-12-23-20(10-11-22,13(2)3)19(17)21-18(15)16/h7-8,11,13,21H,5-6,9-10,12H2,1-4H3/t20-/m0/s1/i2D3,13D/t13?,20-. The van der Waals surface area contributed by atoms with Gasteiger partial charge in [-0.15, -0.1) is 0 Å². The summed E-state index contributed by atoms with van der Waals surface area (Å²) in [6.45, 7) is 3.22. The summed E-state index contributed by atoms with van der Waals surface area (Å²) >= 11 is 0. The number of rotatable bonds is 5. The number of hydrogen-bond donors (Lipinski definition) is 1. The maximum Gasteiger partial charge on any atom is 0.123 e. The third-order valence-electron chi connectivity index (χ3n) is 5.00. The molecule has 2 aromatic rings. The van der Waals surface area contributed by atoms with Gasteiger partial charge in [-0.1, -0.05) is 39.3 Å². The summed E-state index contributed by atoms with van der Waals surface area (Å²) in [5.41, 5.74) is 3.37. The van der Waals surface area contributed by atoms with Gasteiger partial charge in [-0.2, -0.15) is 0 Å². The average Bonchev–Trinajstić information content (AvgIpc) is 2.96. The van der Waals surface area contributed by atoms with E-state index in [-0.39, 0.29) is 13.0 Å². The van der Waals surface area contributed by atoms with Crippen LogP contribution in [0.4, 0.5) is 0 Å². The fourth-order valence-corrected chi connectivity index (χ4v) is 3.78. The number of benzene rings is 1. The normalized spacial score (nSPS) is 26.6. The summed E-state index contributed by atoms with van der Waals surface area (Å²) in [7, 11) is 0. The van der Waals surface area contributed by atoms with Gasteiger partial charge in [-0.3, -0.25) is 0 Å². The fraction of sp³-hybridized carbons (Fsp3) is 0.550. The smallest absolute Gasteiger partial charge is 0.123 e. The summed E-state index contributed by atoms with van der Waals surface area (Å²) in [4.78, 5) is 14.9. The number of ether oxygens (including phenoxy) is 1. The van der Waals surface area contributed by atoms with Crippen molar-refractivity contribution < 1.29 is 15.0 Å². The highest BCUT2D eigenvalue weighted by atomic mass is 16.5. The third-order valence-corrected chi connectivity index (χ3v) is 5.00. The Balaban J connectivity index is 2.34. The van der Waals surface area contributed by atoms with Crippen LogP contribution in [0.1, 0.15) is 61.4 Å². The van der Waals surface area contributed by atoms with Gasteiger partial charge in [0.1, 0.15) is 11.9 Å². The van der Waals surface area contributed by atoms with Crippen LogP contribution in [-0.4, -0.2) is 17.9 Å². The molecule has 2 heterocycles. The number of aldehydes is 1. The molecule has 0 fully saturated rings. The molecule has 3 nitrogen and oxygen atoms in total. The number of nitrogens with one attached hydrogen (secondary N) is 1. The minimum absolute atomic E-state index is 0.173. The Kier molecular flexibility index (Phi) is 3.15. The van der Waals surface area contributed by atoms with Crippen LogP contribution >= 0.6 is 0 Å². The quantitative estimate of drug-likeness (QED) is 0.828. The van der Waals surface area contributed by atoms with Crippen LogP contribution in [0.2, 0.25) is 0 Å². The molecule has 3 rings (SSSR count). The highest BCUT2D eigenvalue weighted by Gasteiger charge is 2.42. The van der Waals surface area contributed by atoms with E-state index in [0.29, 0.717) is 18.4 Å². The Labute approximate surface area is 144 Å². The van der Waals surface area contributed by atoms with E-state index in [2.05, 4.69) is 24.9 Å². The van der Waals surface area contributed by atoms with Gasteiger partial charge in [0.2, 0.25) is 0 Å². The number of fused-ring (bicyclic) bond motifs is 3. The van der Waals surface area contributed by atoms with Gasteiger partial charge in [-0.25, -0.2) is 0 Å². The van der Waals surface area contributed by atoms with Gasteiger partial charge >= 0.3 is 0 Å². The first kappa shape index (κ1) is 11.9. The molecule has 0 saturated heterocycles. The van der Waals surface area contributed by atoms with Crippen molar-refractivity contribution in [2.24, 2.45) is 5.89 Å². The molecule has 0 radical (unpaired) electrons. The summed E-state index contributed by atoms with van der Waals surface area (Å²) in [5.74, 6) is -1.98. The Morgan fingerprint density at radius 2 is 2.39 bits per heavy atom. The number of H-pyrrole nitrogens is 1. The van der Waals surface area contributed by atoms with Crippen LogP contribution in [-0.2, 0) is 28.0 Å². The maximum atomic E-state index is 11.5. The number of hydrogen-bond acceptors (Lipinski definition) is 2. The lowest BCUT2D eigenvalue weighted by Crippen LogP contribution is -2.40. The summed E-state index contributed by atoms with van der Waals surface area (Å²) in [6, 6.07) is 4.13. The zero-order chi connectivity index (χ0) is 20.0. The molecular formula is C20H27NO2. The van der Waals surface area contributed by atoms with E-state index in [0.717, 1.165) is 29.3 Å². The van der Waals surface area contributed by atoms with E-state index in [9.17, 15) is 4.79 Å². The van der Waals surface area contributed by atoms with Crippen molar-refractivity contribution >= 4 is 17.2 Å². The molecule has 1 N–H and O–H groups in total. The molecular weight excluding hydrogens is 286 g/mol. The first-order chi connectivity index (χ1) is 12.6. The number of carbonyl (C=O) groups is 1. The van der Waals surface area contributed by atoms with E-state index >= 15 is 0 Å². The van der Waals surface area contributed by atoms with Crippen molar-refractivity contribution in [2.75, 3.05) is 6.61 Å². The second-order valence-corrected chi connectivity index (χ2v) is 6.43. The molecule has 0 amide bonds. The first-order valence-electron chi connectivity index (χ1n) is 10.3. The monoisotopic (exact) mass is 317 g/mol. The van der Waals surface area contributed by atoms with Crippen molar-refractivity contribution in [3.63, 3.8) is 0 Å². The van der Waals surface area contributed by atoms with Crippen molar-refractivity contribution in [3.8, 4) is 0 Å². The van der Waals surface area contributed by atoms with Crippen LogP contribution in [0, 0.1) is 12.8 Å². The molecule has 1 unspecified atom stereocenters. The highest BCUT2D eigenvalue weighted by molar-refractivity contribution is 5.89. The molecule has 0 spiro atoms. The molecule has 0 saturated carbocycles. The average molecular weight is 317 g/mol. The summed E-state index contributed by atoms with van der Waals surface area (Å²) in [5, 5.41) is 1.04. The number of aromatic amines is 1. The second kappa shape index (κ2) is 6.12. The highest BCUT2D eigenvalue weighted by Crippen LogP contribution is 2.44. The van der Waals surface area contributed by atoms with E-state index in [1.54, 1.807) is 0 Å². The van der Waals surface area contributed by atoms with Crippen LogP contribution in [0.15, 0.2) is 12.1 Å². The van der Waals surface area contributed by atoms with E-state index < -0.39 is 18.3 Å². The molecule has 124 valence electrons. The topological polar surface area (TPSA) is 42.1 Å². The van der Waals surface area contributed by atoms with E-state index in [1.807, 2.05) is 6.07 Å². The first-order valence-corrected chi connectivity index (χ1v) is 8.32. The third kappa shape index (κ3) is 2.42. The van der Waals surface area contributed by atoms with Crippen LogP contribution in [0.3, 0.4) is 0 Å². The molecule has 1 aliphatic rings. The second-order valence-electron chi connectivity index (χ2n) is 6.43. The van der Waals surface area contributed by atoms with Crippen LogP contribution in [0.25, 0.3) is 10.9 Å². The Morgan fingerprint density at radius 1 is 1.57 bits per heavy atom. The van der Waals surface area contributed by atoms with Gasteiger partial charge in [0.15, 0.2) is 0 Å². The number of aromatic nitrogens is 1. The zero-order valence-corrected chi connectivity index (χ0v) is 14.1. The summed E-state index contributed by atoms with van der Waals surface area (Å²) in [6.07, 6.45) is 3.01. The van der Waals surface area contributed by atoms with Crippen LogP contribution < -0.4 is 0 Å². The lowest BCUT2D eigenvalue weighted by atomic mass is 9.80.